The lowest BCUT2D eigenvalue weighted by Crippen LogP contribution is -2.13. The van der Waals surface area contributed by atoms with Crippen LogP contribution in [-0.2, 0) is 4.79 Å². The van der Waals surface area contributed by atoms with Gasteiger partial charge in [0.2, 0.25) is 0 Å². The summed E-state index contributed by atoms with van der Waals surface area (Å²) in [5, 5.41) is 22.3. The van der Waals surface area contributed by atoms with Crippen molar-refractivity contribution in [1.29, 1.82) is 5.26 Å². The maximum Gasteiger partial charge on any atom is 0.266 e. The van der Waals surface area contributed by atoms with Crippen LogP contribution in [0.4, 0.5) is 5.69 Å². The molecule has 0 atom stereocenters. The van der Waals surface area contributed by atoms with Gasteiger partial charge in [-0.3, -0.25) is 4.79 Å². The van der Waals surface area contributed by atoms with Crippen molar-refractivity contribution >= 4 is 61.1 Å². The summed E-state index contributed by atoms with van der Waals surface area (Å²) in [6, 6.07) is 11.6. The van der Waals surface area contributed by atoms with Crippen LogP contribution in [0.2, 0.25) is 5.02 Å². The van der Waals surface area contributed by atoms with E-state index in [9.17, 15) is 15.2 Å². The molecule has 7 heteroatoms. The van der Waals surface area contributed by atoms with Crippen LogP contribution >= 0.6 is 43.5 Å². The van der Waals surface area contributed by atoms with E-state index in [-0.39, 0.29) is 11.3 Å². The first kappa shape index (κ1) is 17.5. The highest BCUT2D eigenvalue weighted by Crippen LogP contribution is 2.33. The number of carbonyl (C=O) groups is 1. The van der Waals surface area contributed by atoms with E-state index in [2.05, 4.69) is 37.2 Å². The highest BCUT2D eigenvalue weighted by molar-refractivity contribution is 9.11. The number of benzene rings is 2. The highest BCUT2D eigenvalue weighted by Gasteiger charge is 2.12. The van der Waals surface area contributed by atoms with Crippen molar-refractivity contribution < 1.29 is 9.90 Å². The number of carbonyl (C=O) groups excluding carboxylic acids is 1. The normalized spacial score (nSPS) is 11.0. The third-order valence-corrected chi connectivity index (χ3v) is 4.14. The second-order valence-corrected chi connectivity index (χ2v) is 6.66. The van der Waals surface area contributed by atoms with E-state index in [1.54, 1.807) is 36.4 Å². The van der Waals surface area contributed by atoms with Gasteiger partial charge >= 0.3 is 0 Å². The highest BCUT2D eigenvalue weighted by atomic mass is 79.9. The molecule has 23 heavy (non-hydrogen) atoms. The van der Waals surface area contributed by atoms with E-state index in [1.807, 2.05) is 6.07 Å². The van der Waals surface area contributed by atoms with Gasteiger partial charge in [-0.25, -0.2) is 0 Å². The molecule has 0 bridgehead atoms. The minimum absolute atomic E-state index is 0.0553. The van der Waals surface area contributed by atoms with Crippen LogP contribution in [0.25, 0.3) is 6.08 Å². The molecule has 0 saturated heterocycles. The van der Waals surface area contributed by atoms with Crippen LogP contribution in [0.5, 0.6) is 5.75 Å². The minimum atomic E-state index is -0.578. The predicted octanol–water partition coefficient (Wildman–Crippen LogP) is 5.12. The quantitative estimate of drug-likeness (QED) is 0.498. The number of hydrogen-bond donors (Lipinski definition) is 2. The fraction of sp³-hybridized carbons (Fsp3) is 0. The molecule has 0 saturated carbocycles. The molecule has 116 valence electrons. The number of nitriles is 1. The summed E-state index contributed by atoms with van der Waals surface area (Å²) in [6.45, 7) is 0. The molecule has 2 N–H and O–H groups in total. The van der Waals surface area contributed by atoms with Gasteiger partial charge in [0.15, 0.2) is 0 Å². The Morgan fingerprint density at radius 2 is 1.91 bits per heavy atom. The smallest absolute Gasteiger partial charge is 0.266 e. The molecule has 4 nitrogen and oxygen atoms in total. The molecule has 2 aromatic carbocycles. The number of nitrogens with one attached hydrogen (secondary N) is 1. The Morgan fingerprint density at radius 1 is 1.26 bits per heavy atom. The van der Waals surface area contributed by atoms with Gasteiger partial charge in [0.1, 0.15) is 17.4 Å². The minimum Gasteiger partial charge on any atom is -0.506 e. The lowest BCUT2D eigenvalue weighted by Gasteiger charge is -2.06. The van der Waals surface area contributed by atoms with Gasteiger partial charge in [-0.2, -0.15) is 5.26 Å². The first-order valence-electron chi connectivity index (χ1n) is 6.27. The molecule has 0 aliphatic rings. The van der Waals surface area contributed by atoms with Crippen molar-refractivity contribution in [2.24, 2.45) is 0 Å². The fourth-order valence-electron chi connectivity index (χ4n) is 1.73. The lowest BCUT2D eigenvalue weighted by atomic mass is 10.1. The van der Waals surface area contributed by atoms with Gasteiger partial charge in [0.25, 0.3) is 5.91 Å². The molecule has 2 rings (SSSR count). The van der Waals surface area contributed by atoms with E-state index < -0.39 is 5.91 Å². The average Bonchev–Trinajstić information content (AvgIpc) is 2.51. The van der Waals surface area contributed by atoms with Gasteiger partial charge in [0, 0.05) is 20.7 Å². The maximum absolute atomic E-state index is 12.2. The molecule has 0 aromatic heterocycles. The van der Waals surface area contributed by atoms with E-state index >= 15 is 0 Å². The molecular formula is C16H9Br2ClN2O2. The third kappa shape index (κ3) is 4.58. The first-order chi connectivity index (χ1) is 10.9. The number of phenolic OH excluding ortho intramolecular Hbond substituents is 1. The van der Waals surface area contributed by atoms with Crippen molar-refractivity contribution in [3.63, 3.8) is 0 Å². The Bertz CT molecular complexity index is 827. The van der Waals surface area contributed by atoms with Crippen molar-refractivity contribution in [1.82, 2.24) is 0 Å². The SMILES string of the molecule is N#CC(=Cc1cc(Br)cc(Br)c1O)C(=O)Nc1ccc(Cl)cc1. The summed E-state index contributed by atoms with van der Waals surface area (Å²) in [5.74, 6) is -0.634. The third-order valence-electron chi connectivity index (χ3n) is 2.82. The van der Waals surface area contributed by atoms with Gasteiger partial charge < -0.3 is 10.4 Å². The summed E-state index contributed by atoms with van der Waals surface area (Å²) in [5.41, 5.74) is 0.717. The number of hydrogen-bond acceptors (Lipinski definition) is 3. The zero-order chi connectivity index (χ0) is 17.0. The standard InChI is InChI=1S/C16H9Br2ClN2O2/c17-11-6-9(15(22)14(18)7-11)5-10(8-20)16(23)21-13-3-1-12(19)2-4-13/h1-7,22H,(H,21,23). The topological polar surface area (TPSA) is 73.1 Å². The number of halogens is 3. The molecule has 0 fully saturated rings. The Kier molecular flexibility index (Phi) is 5.83. The van der Waals surface area contributed by atoms with Crippen LogP contribution in [0.15, 0.2) is 50.9 Å². The number of phenols is 1. The van der Waals surface area contributed by atoms with Gasteiger partial charge in [-0.05, 0) is 58.4 Å². The number of aromatic hydroxyl groups is 1. The molecule has 0 radical (unpaired) electrons. The van der Waals surface area contributed by atoms with Crippen molar-refractivity contribution in [2.45, 2.75) is 0 Å². The summed E-state index contributed by atoms with van der Waals surface area (Å²) in [6.07, 6.45) is 1.32. The Labute approximate surface area is 154 Å². The van der Waals surface area contributed by atoms with Crippen LogP contribution in [-0.4, -0.2) is 11.0 Å². The number of anilines is 1. The van der Waals surface area contributed by atoms with Gasteiger partial charge in [0.05, 0.1) is 4.47 Å². The zero-order valence-electron chi connectivity index (χ0n) is 11.5. The zero-order valence-corrected chi connectivity index (χ0v) is 15.4. The largest absolute Gasteiger partial charge is 0.506 e. The van der Waals surface area contributed by atoms with Gasteiger partial charge in [-0.1, -0.05) is 27.5 Å². The lowest BCUT2D eigenvalue weighted by molar-refractivity contribution is -0.112. The summed E-state index contributed by atoms with van der Waals surface area (Å²) < 4.78 is 1.15. The summed E-state index contributed by atoms with van der Waals surface area (Å²) in [4.78, 5) is 12.2. The Morgan fingerprint density at radius 3 is 2.52 bits per heavy atom. The van der Waals surface area contributed by atoms with E-state index in [0.717, 1.165) is 0 Å². The van der Waals surface area contributed by atoms with Crippen LogP contribution in [0.1, 0.15) is 5.56 Å². The average molecular weight is 457 g/mol. The van der Waals surface area contributed by atoms with Crippen molar-refractivity contribution in [3.8, 4) is 11.8 Å². The molecule has 0 heterocycles. The summed E-state index contributed by atoms with van der Waals surface area (Å²) in [7, 11) is 0. The monoisotopic (exact) mass is 454 g/mol. The molecule has 2 aromatic rings. The fourth-order valence-corrected chi connectivity index (χ4v) is 3.12. The Balaban J connectivity index is 2.30. The number of amides is 1. The van der Waals surface area contributed by atoms with Crippen LogP contribution < -0.4 is 5.32 Å². The predicted molar refractivity (Wildman–Crippen MR) is 97.2 cm³/mol. The molecule has 0 spiro atoms. The van der Waals surface area contributed by atoms with Crippen molar-refractivity contribution in [2.75, 3.05) is 5.32 Å². The maximum atomic E-state index is 12.2. The Hall–Kier alpha value is -1.81. The molecular weight excluding hydrogens is 447 g/mol. The second-order valence-electron chi connectivity index (χ2n) is 4.46. The number of nitrogens with zero attached hydrogens (tertiary/aromatic N) is 1. The van der Waals surface area contributed by atoms with E-state index in [0.29, 0.717) is 25.2 Å². The first-order valence-corrected chi connectivity index (χ1v) is 8.24. The summed E-state index contributed by atoms with van der Waals surface area (Å²) >= 11 is 12.3. The molecule has 0 aliphatic carbocycles. The molecule has 0 aliphatic heterocycles. The number of rotatable bonds is 3. The second kappa shape index (κ2) is 7.64. The molecule has 1 amide bonds. The van der Waals surface area contributed by atoms with Crippen LogP contribution in [0.3, 0.4) is 0 Å². The van der Waals surface area contributed by atoms with Crippen LogP contribution in [0, 0.1) is 11.3 Å². The van der Waals surface area contributed by atoms with Gasteiger partial charge in [-0.15, -0.1) is 0 Å². The van der Waals surface area contributed by atoms with Crippen molar-refractivity contribution in [3.05, 3.63) is 61.5 Å². The molecule has 0 unspecified atom stereocenters. The van der Waals surface area contributed by atoms with E-state index in [1.165, 1.54) is 6.08 Å². The van der Waals surface area contributed by atoms with E-state index in [4.69, 9.17) is 11.6 Å².